The summed E-state index contributed by atoms with van der Waals surface area (Å²) in [6.07, 6.45) is -0.999. The molecule has 0 fully saturated rings. The van der Waals surface area contributed by atoms with Crippen LogP contribution in [0.15, 0.2) is 12.1 Å². The highest BCUT2D eigenvalue weighted by molar-refractivity contribution is 6.40. The summed E-state index contributed by atoms with van der Waals surface area (Å²) >= 11 is 11.6. The van der Waals surface area contributed by atoms with Crippen molar-refractivity contribution in [2.24, 2.45) is 0 Å². The molecule has 1 aromatic rings. The number of nitrogens with zero attached hydrogens (tertiary/aromatic N) is 1. The molecule has 0 aromatic heterocycles. The first-order valence-electron chi connectivity index (χ1n) is 4.62. The SMILES string of the molecule is O=[N+]([O-])c1ccc(Cl)c(NCC(O)CO)c1Cl. The maximum absolute atomic E-state index is 10.6. The first-order chi connectivity index (χ1) is 7.97. The molecule has 0 saturated heterocycles. The highest BCUT2D eigenvalue weighted by Crippen LogP contribution is 2.37. The van der Waals surface area contributed by atoms with Gasteiger partial charge in [-0.1, -0.05) is 23.2 Å². The molecular weight excluding hydrogens is 271 g/mol. The first kappa shape index (κ1) is 14.0. The number of hydrogen-bond donors (Lipinski definition) is 3. The van der Waals surface area contributed by atoms with Gasteiger partial charge in [-0.05, 0) is 6.07 Å². The van der Waals surface area contributed by atoms with E-state index in [-0.39, 0.29) is 28.0 Å². The number of rotatable bonds is 5. The molecule has 8 heteroatoms. The number of benzene rings is 1. The van der Waals surface area contributed by atoms with E-state index in [1.165, 1.54) is 12.1 Å². The number of aliphatic hydroxyl groups excluding tert-OH is 2. The molecule has 0 heterocycles. The molecule has 1 rings (SSSR count). The predicted octanol–water partition coefficient (Wildman–Crippen LogP) is 1.67. The summed E-state index contributed by atoms with van der Waals surface area (Å²) < 4.78 is 0. The van der Waals surface area contributed by atoms with Gasteiger partial charge in [-0.25, -0.2) is 0 Å². The molecular formula is C9H10Cl2N2O4. The van der Waals surface area contributed by atoms with Crippen molar-refractivity contribution in [3.05, 3.63) is 32.3 Å². The molecule has 17 heavy (non-hydrogen) atoms. The van der Waals surface area contributed by atoms with Gasteiger partial charge in [-0.2, -0.15) is 0 Å². The van der Waals surface area contributed by atoms with E-state index in [0.29, 0.717) is 0 Å². The Balaban J connectivity index is 2.97. The first-order valence-corrected chi connectivity index (χ1v) is 5.38. The van der Waals surface area contributed by atoms with Crippen LogP contribution >= 0.6 is 23.2 Å². The zero-order valence-electron chi connectivity index (χ0n) is 8.56. The average molecular weight is 281 g/mol. The number of nitro groups is 1. The van der Waals surface area contributed by atoms with Gasteiger partial charge in [0.05, 0.1) is 28.3 Å². The van der Waals surface area contributed by atoms with Crippen LogP contribution in [0.3, 0.4) is 0 Å². The number of nitrogens with one attached hydrogen (secondary N) is 1. The summed E-state index contributed by atoms with van der Waals surface area (Å²) in [4.78, 5) is 10.0. The lowest BCUT2D eigenvalue weighted by Crippen LogP contribution is -2.23. The van der Waals surface area contributed by atoms with Crippen LogP contribution in [0, 0.1) is 10.1 Å². The van der Waals surface area contributed by atoms with Gasteiger partial charge >= 0.3 is 0 Å². The molecule has 1 aromatic carbocycles. The van der Waals surface area contributed by atoms with Crippen molar-refractivity contribution >= 4 is 34.6 Å². The lowest BCUT2D eigenvalue weighted by atomic mass is 10.2. The summed E-state index contributed by atoms with van der Waals surface area (Å²) in [5.41, 5.74) is -0.118. The molecule has 1 atom stereocenters. The second-order valence-corrected chi connectivity index (χ2v) is 4.02. The lowest BCUT2D eigenvalue weighted by Gasteiger charge is -2.12. The van der Waals surface area contributed by atoms with Gasteiger partial charge < -0.3 is 15.5 Å². The van der Waals surface area contributed by atoms with E-state index in [9.17, 15) is 10.1 Å². The van der Waals surface area contributed by atoms with E-state index in [4.69, 9.17) is 33.4 Å². The normalized spacial score (nSPS) is 12.2. The molecule has 0 aliphatic carbocycles. The Bertz CT molecular complexity index is 428. The van der Waals surface area contributed by atoms with Crippen molar-refractivity contribution in [3.63, 3.8) is 0 Å². The smallest absolute Gasteiger partial charge is 0.290 e. The van der Waals surface area contributed by atoms with Crippen LogP contribution in [0.25, 0.3) is 0 Å². The zero-order chi connectivity index (χ0) is 13.0. The summed E-state index contributed by atoms with van der Waals surface area (Å²) in [6.45, 7) is -0.450. The summed E-state index contributed by atoms with van der Waals surface area (Å²) in [5.74, 6) is 0. The van der Waals surface area contributed by atoms with Crippen LogP contribution in [-0.4, -0.2) is 34.4 Å². The second kappa shape index (κ2) is 6.02. The van der Waals surface area contributed by atoms with Crippen molar-refractivity contribution in [3.8, 4) is 0 Å². The Morgan fingerprint density at radius 1 is 1.47 bits per heavy atom. The van der Waals surface area contributed by atoms with Gasteiger partial charge in [-0.3, -0.25) is 10.1 Å². The highest BCUT2D eigenvalue weighted by atomic mass is 35.5. The largest absolute Gasteiger partial charge is 0.394 e. The third-order valence-corrected chi connectivity index (χ3v) is 2.69. The van der Waals surface area contributed by atoms with Crippen LogP contribution in [0.4, 0.5) is 11.4 Å². The fraction of sp³-hybridized carbons (Fsp3) is 0.333. The van der Waals surface area contributed by atoms with Crippen LogP contribution < -0.4 is 5.32 Å². The summed E-state index contributed by atoms with van der Waals surface area (Å²) in [6, 6.07) is 2.53. The Morgan fingerprint density at radius 2 is 2.12 bits per heavy atom. The van der Waals surface area contributed by atoms with E-state index in [0.717, 1.165) is 0 Å². The predicted molar refractivity (Wildman–Crippen MR) is 64.7 cm³/mol. The van der Waals surface area contributed by atoms with Crippen molar-refractivity contribution in [2.45, 2.75) is 6.10 Å². The maximum atomic E-state index is 10.6. The van der Waals surface area contributed by atoms with Crippen molar-refractivity contribution < 1.29 is 15.1 Å². The third-order valence-electron chi connectivity index (χ3n) is 1.99. The Kier molecular flexibility index (Phi) is 4.95. The highest BCUT2D eigenvalue weighted by Gasteiger charge is 2.18. The summed E-state index contributed by atoms with van der Waals surface area (Å²) in [5, 5.41) is 31.1. The fourth-order valence-electron chi connectivity index (χ4n) is 1.13. The van der Waals surface area contributed by atoms with E-state index in [1.54, 1.807) is 0 Å². The number of halogens is 2. The molecule has 0 bridgehead atoms. The standard InChI is InChI=1S/C9H10Cl2N2O4/c10-6-1-2-7(13(16)17)8(11)9(6)12-3-5(15)4-14/h1-2,5,12,14-15H,3-4H2. The van der Waals surface area contributed by atoms with Gasteiger partial charge in [0.25, 0.3) is 5.69 Å². The minimum Gasteiger partial charge on any atom is -0.394 e. The maximum Gasteiger partial charge on any atom is 0.290 e. The summed E-state index contributed by atoms with van der Waals surface area (Å²) in [7, 11) is 0. The number of nitro benzene ring substituents is 1. The molecule has 0 saturated carbocycles. The van der Waals surface area contributed by atoms with Crippen LogP contribution in [0.1, 0.15) is 0 Å². The van der Waals surface area contributed by atoms with Crippen LogP contribution in [0.5, 0.6) is 0 Å². The molecule has 0 aliphatic heterocycles. The Hall–Kier alpha value is -1.08. The van der Waals surface area contributed by atoms with Crippen molar-refractivity contribution in [1.82, 2.24) is 0 Å². The minimum atomic E-state index is -0.999. The van der Waals surface area contributed by atoms with E-state index >= 15 is 0 Å². The number of hydrogen-bond acceptors (Lipinski definition) is 5. The van der Waals surface area contributed by atoms with E-state index < -0.39 is 17.6 Å². The average Bonchev–Trinajstić information content (AvgIpc) is 2.27. The molecule has 1 unspecified atom stereocenters. The van der Waals surface area contributed by atoms with Gasteiger partial charge in [0.1, 0.15) is 5.02 Å². The van der Waals surface area contributed by atoms with Crippen molar-refractivity contribution in [1.29, 1.82) is 0 Å². The van der Waals surface area contributed by atoms with Crippen LogP contribution in [-0.2, 0) is 0 Å². The minimum absolute atomic E-state index is 0.0168. The molecule has 0 amide bonds. The number of aliphatic hydroxyl groups is 2. The quantitative estimate of drug-likeness (QED) is 0.563. The molecule has 0 spiro atoms. The molecule has 0 radical (unpaired) electrons. The zero-order valence-corrected chi connectivity index (χ0v) is 10.1. The van der Waals surface area contributed by atoms with E-state index in [1.807, 2.05) is 0 Å². The van der Waals surface area contributed by atoms with Gasteiger partial charge in [0.15, 0.2) is 0 Å². The Labute approximate surface area is 107 Å². The molecule has 0 aliphatic rings. The van der Waals surface area contributed by atoms with Crippen LogP contribution in [0.2, 0.25) is 10.0 Å². The monoisotopic (exact) mass is 280 g/mol. The molecule has 94 valence electrons. The van der Waals surface area contributed by atoms with Crippen molar-refractivity contribution in [2.75, 3.05) is 18.5 Å². The second-order valence-electron chi connectivity index (χ2n) is 3.23. The fourth-order valence-corrected chi connectivity index (χ4v) is 1.70. The lowest BCUT2D eigenvalue weighted by molar-refractivity contribution is -0.384. The van der Waals surface area contributed by atoms with Gasteiger partial charge in [0.2, 0.25) is 0 Å². The topological polar surface area (TPSA) is 95.6 Å². The van der Waals surface area contributed by atoms with Gasteiger partial charge in [-0.15, -0.1) is 0 Å². The Morgan fingerprint density at radius 3 is 2.65 bits per heavy atom. The van der Waals surface area contributed by atoms with E-state index in [2.05, 4.69) is 5.32 Å². The molecule has 3 N–H and O–H groups in total. The molecule has 6 nitrogen and oxygen atoms in total. The van der Waals surface area contributed by atoms with Gasteiger partial charge in [0, 0.05) is 12.6 Å². The number of anilines is 1. The third kappa shape index (κ3) is 3.44.